The average molecular weight is 410 g/mol. The van der Waals surface area contributed by atoms with Crippen molar-refractivity contribution in [1.29, 1.82) is 0 Å². The number of hydrogen-bond donors (Lipinski definition) is 2. The quantitative estimate of drug-likeness (QED) is 0.639. The van der Waals surface area contributed by atoms with Gasteiger partial charge < -0.3 is 4.74 Å². The van der Waals surface area contributed by atoms with E-state index in [1.807, 2.05) is 6.08 Å². The lowest BCUT2D eigenvalue weighted by atomic mass is 9.95. The summed E-state index contributed by atoms with van der Waals surface area (Å²) in [5.74, 6) is 0.00318. The Labute approximate surface area is 168 Å². The van der Waals surface area contributed by atoms with E-state index in [0.717, 1.165) is 62.2 Å². The van der Waals surface area contributed by atoms with Crippen molar-refractivity contribution in [2.24, 2.45) is 5.92 Å². The number of allylic oxidation sites excluding steroid dienone is 2. The molecule has 3 aliphatic rings. The second-order valence-electron chi connectivity index (χ2n) is 7.71. The summed E-state index contributed by atoms with van der Waals surface area (Å²) in [6, 6.07) is 2.93. The Bertz CT molecular complexity index is 765. The number of nitrogens with one attached hydrogen (secondary N) is 2. The lowest BCUT2D eigenvalue weighted by Crippen LogP contribution is -2.50. The van der Waals surface area contributed by atoms with Crippen molar-refractivity contribution in [3.8, 4) is 5.75 Å². The molecule has 8 heteroatoms. The number of halogens is 2. The summed E-state index contributed by atoms with van der Waals surface area (Å²) < 4.78 is 20.6. The number of carbonyl (C=O) groups excluding carboxylic acids is 1. The molecule has 2 aliphatic carbocycles. The zero-order chi connectivity index (χ0) is 19.5. The molecule has 1 saturated heterocycles. The summed E-state index contributed by atoms with van der Waals surface area (Å²) in [6.07, 6.45) is 7.87. The molecular formula is C20H25ClFN3O3. The molecule has 0 spiro atoms. The first-order valence-corrected chi connectivity index (χ1v) is 10.3. The molecule has 28 heavy (non-hydrogen) atoms. The highest BCUT2D eigenvalue weighted by atomic mass is 35.5. The smallest absolute Gasteiger partial charge is 0.279 e. The first kappa shape index (κ1) is 19.6. The lowest BCUT2D eigenvalue weighted by Gasteiger charge is -2.29. The van der Waals surface area contributed by atoms with Gasteiger partial charge in [-0.05, 0) is 62.0 Å². The summed E-state index contributed by atoms with van der Waals surface area (Å²) in [5, 5.41) is 2.71. The van der Waals surface area contributed by atoms with Crippen LogP contribution in [0.5, 0.6) is 5.75 Å². The molecule has 1 heterocycles. The minimum absolute atomic E-state index is 0.0351. The van der Waals surface area contributed by atoms with Crippen LogP contribution < -0.4 is 15.8 Å². The van der Waals surface area contributed by atoms with Gasteiger partial charge in [0.15, 0.2) is 0 Å². The Morgan fingerprint density at radius 1 is 1.29 bits per heavy atom. The normalized spacial score (nSPS) is 22.4. The van der Waals surface area contributed by atoms with E-state index >= 15 is 0 Å². The fraction of sp³-hybridized carbons (Fsp3) is 0.550. The number of hydrogen-bond acceptors (Lipinski definition) is 5. The second kappa shape index (κ2) is 8.78. The van der Waals surface area contributed by atoms with Gasteiger partial charge in [-0.15, -0.1) is 5.59 Å². The Balaban J connectivity index is 1.39. The summed E-state index contributed by atoms with van der Waals surface area (Å²) in [7, 11) is 0. The van der Waals surface area contributed by atoms with Crippen LogP contribution in [-0.2, 0) is 4.94 Å². The van der Waals surface area contributed by atoms with E-state index in [1.54, 1.807) is 11.1 Å². The van der Waals surface area contributed by atoms with Crippen LogP contribution in [0.1, 0.15) is 60.4 Å². The minimum atomic E-state index is -0.619. The largest absolute Gasteiger partial charge is 0.493 e. The van der Waals surface area contributed by atoms with E-state index in [4.69, 9.17) is 21.3 Å². The number of hydroxylamine groups is 1. The minimum Gasteiger partial charge on any atom is -0.493 e. The summed E-state index contributed by atoms with van der Waals surface area (Å²) in [4.78, 5) is 17.3. The number of hydrazine groups is 1. The SMILES string of the molecule is O=C(NONN1CCC1)c1cc(C2CC2)c(OCC2CC=C(Cl)CC2)cc1F. The van der Waals surface area contributed by atoms with Crippen molar-refractivity contribution >= 4 is 17.5 Å². The molecule has 152 valence electrons. The molecule has 2 N–H and O–H groups in total. The fourth-order valence-electron chi connectivity index (χ4n) is 3.40. The first-order valence-electron chi connectivity index (χ1n) is 9.87. The van der Waals surface area contributed by atoms with E-state index in [0.29, 0.717) is 24.2 Å². The lowest BCUT2D eigenvalue weighted by molar-refractivity contribution is -0.142. The molecule has 0 bridgehead atoms. The number of benzene rings is 1. The highest BCUT2D eigenvalue weighted by molar-refractivity contribution is 6.29. The Hall–Kier alpha value is -1.67. The van der Waals surface area contributed by atoms with Crippen LogP contribution in [0.3, 0.4) is 0 Å². The molecule has 0 aromatic heterocycles. The van der Waals surface area contributed by atoms with Crippen LogP contribution in [0.4, 0.5) is 4.39 Å². The number of nitrogens with zero attached hydrogens (tertiary/aromatic N) is 1. The molecule has 4 rings (SSSR count). The highest BCUT2D eigenvalue weighted by Gasteiger charge is 2.30. The number of rotatable bonds is 8. The summed E-state index contributed by atoms with van der Waals surface area (Å²) >= 11 is 6.02. The van der Waals surface area contributed by atoms with Crippen LogP contribution in [0.2, 0.25) is 0 Å². The van der Waals surface area contributed by atoms with Gasteiger partial charge in [-0.2, -0.15) is 4.94 Å². The van der Waals surface area contributed by atoms with Gasteiger partial charge in [-0.3, -0.25) is 4.79 Å². The molecule has 1 atom stereocenters. The van der Waals surface area contributed by atoms with Gasteiger partial charge in [-0.25, -0.2) is 14.9 Å². The maximum Gasteiger partial charge on any atom is 0.279 e. The monoisotopic (exact) mass is 409 g/mol. The molecule has 1 saturated carbocycles. The van der Waals surface area contributed by atoms with E-state index < -0.39 is 11.7 Å². The van der Waals surface area contributed by atoms with Crippen LogP contribution in [-0.4, -0.2) is 30.6 Å². The number of amides is 1. The van der Waals surface area contributed by atoms with Crippen molar-refractivity contribution < 1.29 is 18.9 Å². The van der Waals surface area contributed by atoms with Crippen molar-refractivity contribution in [3.63, 3.8) is 0 Å². The molecule has 1 aliphatic heterocycles. The first-order chi connectivity index (χ1) is 13.6. The Morgan fingerprint density at radius 2 is 2.11 bits per heavy atom. The third-order valence-electron chi connectivity index (χ3n) is 5.47. The third kappa shape index (κ3) is 4.84. The summed E-state index contributed by atoms with van der Waals surface area (Å²) in [5.41, 5.74) is 5.70. The predicted octanol–water partition coefficient (Wildman–Crippen LogP) is 3.79. The van der Waals surface area contributed by atoms with Crippen LogP contribution in [0, 0.1) is 11.7 Å². The van der Waals surface area contributed by atoms with Crippen LogP contribution in [0.25, 0.3) is 0 Å². The van der Waals surface area contributed by atoms with E-state index in [1.165, 1.54) is 6.07 Å². The molecule has 0 radical (unpaired) electrons. The molecular weight excluding hydrogens is 385 g/mol. The van der Waals surface area contributed by atoms with Gasteiger partial charge in [-0.1, -0.05) is 17.7 Å². The second-order valence-corrected chi connectivity index (χ2v) is 8.20. The standard InChI is InChI=1S/C20H25ClFN3O3/c21-15-6-2-13(3-7-15)12-27-19-11-18(22)17(10-16(19)14-4-5-14)20(26)23-28-24-25-8-1-9-25/h6,10-11,13-14,24H,1-5,7-9,12H2,(H,23,26). The van der Waals surface area contributed by atoms with Gasteiger partial charge >= 0.3 is 0 Å². The third-order valence-corrected chi connectivity index (χ3v) is 5.82. The summed E-state index contributed by atoms with van der Waals surface area (Å²) in [6.45, 7) is 2.23. The van der Waals surface area contributed by atoms with Crippen LogP contribution in [0.15, 0.2) is 23.2 Å². The Morgan fingerprint density at radius 3 is 2.75 bits per heavy atom. The fourth-order valence-corrected chi connectivity index (χ4v) is 3.59. The zero-order valence-corrected chi connectivity index (χ0v) is 16.4. The van der Waals surface area contributed by atoms with Gasteiger partial charge in [0.1, 0.15) is 11.6 Å². The van der Waals surface area contributed by atoms with Crippen LogP contribution >= 0.6 is 11.6 Å². The number of carbonyl (C=O) groups is 1. The van der Waals surface area contributed by atoms with Gasteiger partial charge in [0.25, 0.3) is 5.91 Å². The van der Waals surface area contributed by atoms with Crippen molar-refractivity contribution in [2.45, 2.75) is 44.4 Å². The molecule has 1 aromatic carbocycles. The molecule has 6 nitrogen and oxygen atoms in total. The maximum absolute atomic E-state index is 14.6. The molecule has 1 aromatic rings. The van der Waals surface area contributed by atoms with Gasteiger partial charge in [0.05, 0.1) is 12.2 Å². The van der Waals surface area contributed by atoms with Crippen molar-refractivity contribution in [1.82, 2.24) is 16.1 Å². The Kier molecular flexibility index (Phi) is 6.16. The molecule has 1 amide bonds. The zero-order valence-electron chi connectivity index (χ0n) is 15.7. The average Bonchev–Trinajstić information content (AvgIpc) is 3.48. The predicted molar refractivity (Wildman–Crippen MR) is 103 cm³/mol. The van der Waals surface area contributed by atoms with E-state index in [9.17, 15) is 9.18 Å². The van der Waals surface area contributed by atoms with E-state index in [-0.39, 0.29) is 5.56 Å². The number of ether oxygens (including phenoxy) is 1. The molecule has 2 fully saturated rings. The van der Waals surface area contributed by atoms with E-state index in [2.05, 4.69) is 11.1 Å². The van der Waals surface area contributed by atoms with Crippen molar-refractivity contribution in [2.75, 3.05) is 19.7 Å². The highest BCUT2D eigenvalue weighted by Crippen LogP contribution is 2.45. The molecule has 1 unspecified atom stereocenters. The topological polar surface area (TPSA) is 62.8 Å². The maximum atomic E-state index is 14.6. The van der Waals surface area contributed by atoms with Gasteiger partial charge in [0, 0.05) is 24.2 Å². The van der Waals surface area contributed by atoms with Gasteiger partial charge in [0.2, 0.25) is 0 Å². The van der Waals surface area contributed by atoms with Crippen molar-refractivity contribution in [3.05, 3.63) is 40.2 Å².